The highest BCUT2D eigenvalue weighted by atomic mass is 32.2. The van der Waals surface area contributed by atoms with Crippen LogP contribution in [0.5, 0.6) is 5.75 Å². The molecule has 1 rings (SSSR count). The molecule has 1 aromatic carbocycles. The van der Waals surface area contributed by atoms with Gasteiger partial charge in [-0.05, 0) is 36.9 Å². The standard InChI is InChI=1S/C14H22FNO2S/c1-3-12(10-19-2)16-8-13(17)9-18-14-6-4-11(15)5-7-14/h4-7,12-13,16-17H,3,8-10H2,1-2H3. The summed E-state index contributed by atoms with van der Waals surface area (Å²) in [4.78, 5) is 0. The van der Waals surface area contributed by atoms with Crippen molar-refractivity contribution < 1.29 is 14.2 Å². The second kappa shape index (κ2) is 9.18. The first kappa shape index (κ1) is 16.3. The lowest BCUT2D eigenvalue weighted by Gasteiger charge is -2.19. The predicted molar refractivity (Wildman–Crippen MR) is 78.4 cm³/mol. The number of aliphatic hydroxyl groups excluding tert-OH is 1. The minimum atomic E-state index is -0.569. The van der Waals surface area contributed by atoms with E-state index in [0.717, 1.165) is 12.2 Å². The predicted octanol–water partition coefficient (Wildman–Crippen LogP) is 2.30. The van der Waals surface area contributed by atoms with Gasteiger partial charge in [0.15, 0.2) is 0 Å². The van der Waals surface area contributed by atoms with E-state index >= 15 is 0 Å². The van der Waals surface area contributed by atoms with Gasteiger partial charge in [0.25, 0.3) is 0 Å². The number of hydrogen-bond donors (Lipinski definition) is 2. The van der Waals surface area contributed by atoms with Crippen LogP contribution in [0.25, 0.3) is 0 Å². The van der Waals surface area contributed by atoms with E-state index < -0.39 is 6.10 Å². The van der Waals surface area contributed by atoms with Crippen molar-refractivity contribution in [3.63, 3.8) is 0 Å². The van der Waals surface area contributed by atoms with Crippen molar-refractivity contribution in [2.75, 3.05) is 25.2 Å². The Morgan fingerprint density at radius 1 is 1.37 bits per heavy atom. The molecule has 0 aliphatic heterocycles. The summed E-state index contributed by atoms with van der Waals surface area (Å²) in [5.74, 6) is 1.30. The van der Waals surface area contributed by atoms with Crippen molar-refractivity contribution in [3.8, 4) is 5.75 Å². The number of aliphatic hydroxyl groups is 1. The second-order valence-electron chi connectivity index (χ2n) is 4.39. The molecule has 0 radical (unpaired) electrons. The first-order chi connectivity index (χ1) is 9.15. The van der Waals surface area contributed by atoms with E-state index in [0.29, 0.717) is 18.3 Å². The van der Waals surface area contributed by atoms with Gasteiger partial charge < -0.3 is 15.2 Å². The lowest BCUT2D eigenvalue weighted by atomic mass is 10.2. The second-order valence-corrected chi connectivity index (χ2v) is 5.30. The van der Waals surface area contributed by atoms with Gasteiger partial charge in [0, 0.05) is 18.3 Å². The molecule has 0 aliphatic rings. The summed E-state index contributed by atoms with van der Waals surface area (Å²) in [6, 6.07) is 6.20. The van der Waals surface area contributed by atoms with Crippen LogP contribution in [0.2, 0.25) is 0 Å². The lowest BCUT2D eigenvalue weighted by molar-refractivity contribution is 0.104. The number of rotatable bonds is 9. The molecular formula is C14H22FNO2S. The van der Waals surface area contributed by atoms with Gasteiger partial charge in [0.2, 0.25) is 0 Å². The number of thioether (sulfide) groups is 1. The van der Waals surface area contributed by atoms with Gasteiger partial charge in [0.05, 0.1) is 0 Å². The Balaban J connectivity index is 2.23. The molecule has 108 valence electrons. The van der Waals surface area contributed by atoms with E-state index in [4.69, 9.17) is 4.74 Å². The zero-order valence-corrected chi connectivity index (χ0v) is 12.3. The molecule has 0 saturated carbocycles. The Kier molecular flexibility index (Phi) is 7.86. The van der Waals surface area contributed by atoms with E-state index in [-0.39, 0.29) is 12.4 Å². The summed E-state index contributed by atoms with van der Waals surface area (Å²) in [6.45, 7) is 2.82. The number of halogens is 1. The lowest BCUT2D eigenvalue weighted by Crippen LogP contribution is -2.39. The van der Waals surface area contributed by atoms with E-state index in [1.165, 1.54) is 12.1 Å². The summed E-state index contributed by atoms with van der Waals surface area (Å²) in [5, 5.41) is 13.1. The summed E-state index contributed by atoms with van der Waals surface area (Å²) < 4.78 is 18.1. The van der Waals surface area contributed by atoms with Crippen molar-refractivity contribution in [1.29, 1.82) is 0 Å². The van der Waals surface area contributed by atoms with Gasteiger partial charge in [-0.1, -0.05) is 6.92 Å². The molecule has 19 heavy (non-hydrogen) atoms. The Morgan fingerprint density at radius 3 is 2.63 bits per heavy atom. The fourth-order valence-electron chi connectivity index (χ4n) is 1.61. The molecule has 2 unspecified atom stereocenters. The van der Waals surface area contributed by atoms with Gasteiger partial charge in [-0.2, -0.15) is 11.8 Å². The molecule has 0 bridgehead atoms. The summed E-state index contributed by atoms with van der Waals surface area (Å²) in [6.07, 6.45) is 2.53. The van der Waals surface area contributed by atoms with Gasteiger partial charge in [-0.15, -0.1) is 0 Å². The van der Waals surface area contributed by atoms with Crippen molar-refractivity contribution in [2.45, 2.75) is 25.5 Å². The van der Waals surface area contributed by atoms with E-state index in [1.54, 1.807) is 23.9 Å². The van der Waals surface area contributed by atoms with Crippen LogP contribution in [0, 0.1) is 5.82 Å². The van der Waals surface area contributed by atoms with E-state index in [1.807, 2.05) is 0 Å². The Labute approximate surface area is 118 Å². The average Bonchev–Trinajstić information content (AvgIpc) is 2.42. The quantitative estimate of drug-likeness (QED) is 0.731. The topological polar surface area (TPSA) is 41.5 Å². The number of ether oxygens (including phenoxy) is 1. The van der Waals surface area contributed by atoms with Crippen molar-refractivity contribution in [3.05, 3.63) is 30.1 Å². The SMILES string of the molecule is CCC(CSC)NCC(O)COc1ccc(F)cc1. The molecule has 0 saturated heterocycles. The van der Waals surface area contributed by atoms with Crippen LogP contribution in [0.4, 0.5) is 4.39 Å². The minimum Gasteiger partial charge on any atom is -0.491 e. The molecule has 0 aromatic heterocycles. The molecule has 0 fully saturated rings. The Morgan fingerprint density at radius 2 is 2.05 bits per heavy atom. The zero-order valence-electron chi connectivity index (χ0n) is 11.4. The van der Waals surface area contributed by atoms with Crippen molar-refractivity contribution in [2.24, 2.45) is 0 Å². The van der Waals surface area contributed by atoms with Gasteiger partial charge in [-0.3, -0.25) is 0 Å². The Hall–Kier alpha value is -0.780. The van der Waals surface area contributed by atoms with Crippen LogP contribution in [-0.2, 0) is 0 Å². The highest BCUT2D eigenvalue weighted by molar-refractivity contribution is 7.98. The minimum absolute atomic E-state index is 0.203. The molecule has 0 heterocycles. The summed E-state index contributed by atoms with van der Waals surface area (Å²) in [5.41, 5.74) is 0. The molecule has 0 spiro atoms. The van der Waals surface area contributed by atoms with Crippen LogP contribution in [0.15, 0.2) is 24.3 Å². The van der Waals surface area contributed by atoms with Crippen molar-refractivity contribution >= 4 is 11.8 Å². The van der Waals surface area contributed by atoms with Crippen LogP contribution >= 0.6 is 11.8 Å². The average molecular weight is 287 g/mol. The van der Waals surface area contributed by atoms with Crippen LogP contribution < -0.4 is 10.1 Å². The maximum atomic E-state index is 12.7. The molecular weight excluding hydrogens is 265 g/mol. The Bertz CT molecular complexity index is 348. The summed E-state index contributed by atoms with van der Waals surface area (Å²) in [7, 11) is 0. The molecule has 1 aromatic rings. The molecule has 2 atom stereocenters. The number of nitrogens with one attached hydrogen (secondary N) is 1. The normalized spacial score (nSPS) is 14.1. The molecule has 5 heteroatoms. The van der Waals surface area contributed by atoms with E-state index in [9.17, 15) is 9.50 Å². The van der Waals surface area contributed by atoms with E-state index in [2.05, 4.69) is 18.5 Å². The third kappa shape index (κ3) is 6.80. The molecule has 3 nitrogen and oxygen atoms in total. The fourth-order valence-corrected chi connectivity index (χ4v) is 2.36. The van der Waals surface area contributed by atoms with Crippen molar-refractivity contribution in [1.82, 2.24) is 5.32 Å². The first-order valence-corrected chi connectivity index (χ1v) is 7.83. The molecule has 2 N–H and O–H groups in total. The zero-order chi connectivity index (χ0) is 14.1. The first-order valence-electron chi connectivity index (χ1n) is 6.44. The molecule has 0 aliphatic carbocycles. The summed E-state index contributed by atoms with van der Waals surface area (Å²) >= 11 is 1.79. The fraction of sp³-hybridized carbons (Fsp3) is 0.571. The van der Waals surface area contributed by atoms with Crippen LogP contribution in [-0.4, -0.2) is 42.4 Å². The third-order valence-electron chi connectivity index (χ3n) is 2.76. The van der Waals surface area contributed by atoms with Gasteiger partial charge >= 0.3 is 0 Å². The monoisotopic (exact) mass is 287 g/mol. The molecule has 0 amide bonds. The van der Waals surface area contributed by atoms with Gasteiger partial charge in [-0.25, -0.2) is 4.39 Å². The number of hydrogen-bond acceptors (Lipinski definition) is 4. The highest BCUT2D eigenvalue weighted by Gasteiger charge is 2.09. The van der Waals surface area contributed by atoms with Crippen LogP contribution in [0.3, 0.4) is 0 Å². The van der Waals surface area contributed by atoms with Gasteiger partial charge in [0.1, 0.15) is 24.3 Å². The third-order valence-corrected chi connectivity index (χ3v) is 3.49. The largest absolute Gasteiger partial charge is 0.491 e. The highest BCUT2D eigenvalue weighted by Crippen LogP contribution is 2.11. The van der Waals surface area contributed by atoms with Crippen LogP contribution in [0.1, 0.15) is 13.3 Å². The number of benzene rings is 1. The maximum absolute atomic E-state index is 12.7. The smallest absolute Gasteiger partial charge is 0.123 e. The maximum Gasteiger partial charge on any atom is 0.123 e.